The number of carbonyl (C=O) groups is 4. The van der Waals surface area contributed by atoms with Crippen molar-refractivity contribution in [2.75, 3.05) is 103 Å². The van der Waals surface area contributed by atoms with Gasteiger partial charge in [-0.15, -0.1) is 5.10 Å². The zero-order valence-corrected chi connectivity index (χ0v) is 44.0. The van der Waals surface area contributed by atoms with Crippen LogP contribution in [0.3, 0.4) is 0 Å². The number of anilines is 1. The van der Waals surface area contributed by atoms with Gasteiger partial charge in [-0.25, -0.2) is 14.3 Å². The first kappa shape index (κ1) is 52.5. The third-order valence-electron chi connectivity index (χ3n) is 15.5. The molecule has 402 valence electrons. The summed E-state index contributed by atoms with van der Waals surface area (Å²) in [5, 5.41) is 16.8. The molecule has 10 rings (SSSR count). The van der Waals surface area contributed by atoms with Gasteiger partial charge in [0.2, 0.25) is 11.8 Å². The van der Waals surface area contributed by atoms with Gasteiger partial charge in [0.05, 0.1) is 29.4 Å². The fraction of sp³-hybridized carbons (Fsp3) is 0.509. The van der Waals surface area contributed by atoms with Crippen molar-refractivity contribution >= 4 is 40.4 Å². The van der Waals surface area contributed by atoms with Crippen LogP contribution in [0, 0.1) is 11.7 Å². The summed E-state index contributed by atoms with van der Waals surface area (Å²) >= 11 is 0. The average molecular weight is 1040 g/mol. The Kier molecular flexibility index (Phi) is 15.9. The van der Waals surface area contributed by atoms with E-state index in [1.165, 1.54) is 6.07 Å². The molecule has 1 unspecified atom stereocenters. The molecule has 4 aliphatic heterocycles. The van der Waals surface area contributed by atoms with Crippen molar-refractivity contribution in [2.45, 2.75) is 83.3 Å². The van der Waals surface area contributed by atoms with Crippen LogP contribution in [0.2, 0.25) is 0 Å². The van der Waals surface area contributed by atoms with Gasteiger partial charge in [0.25, 0.3) is 11.5 Å². The standard InChI is InChI=1S/C57H70FN11O7/c1-57(2,3)76-56(74)69(43-14-15-43)38-53(71)68-19-7-9-42(36-68)41-8-6-10-44(32-41)75-45-33-51(61-59-34-45)65-24-22-64(23-25-65)35-39-17-20-63(21-18-39)37-52(70)66-26-28-67(29-27-66)55(73)48-30-40(13-16-49(48)58)31-50-46-11-4-5-12-47(46)54(72)62-60-50/h4-6,8,10-13,16,30,32-34,39,42-43H,7,9,14-15,17-29,31,35-38H2,1-3H3,(H,62,72). The van der Waals surface area contributed by atoms with E-state index in [0.717, 1.165) is 95.7 Å². The number of carbonyl (C=O) groups excluding carboxylic acids is 4. The van der Waals surface area contributed by atoms with E-state index in [1.54, 1.807) is 40.3 Å². The van der Waals surface area contributed by atoms with E-state index in [4.69, 9.17) is 9.47 Å². The number of hydrogen-bond acceptors (Lipinski definition) is 13. The molecule has 4 amide bonds. The monoisotopic (exact) mass is 1040 g/mol. The largest absolute Gasteiger partial charge is 0.456 e. The third kappa shape index (κ3) is 13.0. The second-order valence-electron chi connectivity index (χ2n) is 22.2. The lowest BCUT2D eigenvalue weighted by atomic mass is 9.90. The molecule has 0 radical (unpaired) electrons. The van der Waals surface area contributed by atoms with Crippen LogP contribution in [0.5, 0.6) is 11.5 Å². The highest BCUT2D eigenvalue weighted by molar-refractivity contribution is 5.95. The van der Waals surface area contributed by atoms with Gasteiger partial charge in [0.1, 0.15) is 23.7 Å². The van der Waals surface area contributed by atoms with Gasteiger partial charge >= 0.3 is 6.09 Å². The Hall–Kier alpha value is -6.99. The summed E-state index contributed by atoms with van der Waals surface area (Å²) in [5.41, 5.74) is 1.51. The highest BCUT2D eigenvalue weighted by atomic mass is 19.1. The molecule has 19 heteroatoms. The molecule has 5 aliphatic rings. The summed E-state index contributed by atoms with van der Waals surface area (Å²) < 4.78 is 27.1. The summed E-state index contributed by atoms with van der Waals surface area (Å²) in [5.74, 6) is 1.77. The molecule has 18 nitrogen and oxygen atoms in total. The molecule has 0 bridgehead atoms. The third-order valence-corrected chi connectivity index (χ3v) is 15.5. The summed E-state index contributed by atoms with van der Waals surface area (Å²) in [4.78, 5) is 79.8. The molecule has 1 N–H and O–H groups in total. The van der Waals surface area contributed by atoms with Crippen molar-refractivity contribution in [3.05, 3.63) is 118 Å². The van der Waals surface area contributed by atoms with E-state index < -0.39 is 23.4 Å². The Morgan fingerprint density at radius 2 is 1.50 bits per heavy atom. The van der Waals surface area contributed by atoms with E-state index in [1.807, 2.05) is 60.9 Å². The Bertz CT molecular complexity index is 2960. The SMILES string of the molecule is CC(C)(C)OC(=O)N(CC(=O)N1CCCC(c2cccc(Oc3cnnc(N4CCN(CC5CCN(CC(=O)N6CCN(C(=O)c7cc(Cc8n[nH]c(=O)c9ccccc89)ccc7F)CC6)CC5)CC4)c3)c2)C1)C1CC1. The number of H-pyrrole nitrogens is 1. The Balaban J connectivity index is 0.636. The van der Waals surface area contributed by atoms with Crippen LogP contribution < -0.4 is 15.2 Å². The molecule has 0 spiro atoms. The molecule has 1 saturated carbocycles. The normalized spacial score (nSPS) is 19.2. The van der Waals surface area contributed by atoms with Gasteiger partial charge in [-0.05, 0) is 120 Å². The number of halogens is 1. The predicted molar refractivity (Wildman–Crippen MR) is 285 cm³/mol. The smallest absolute Gasteiger partial charge is 0.411 e. The fourth-order valence-electron chi connectivity index (χ4n) is 11.1. The van der Waals surface area contributed by atoms with Crippen molar-refractivity contribution < 1.29 is 33.0 Å². The summed E-state index contributed by atoms with van der Waals surface area (Å²) in [6.45, 7) is 14.8. The molecule has 76 heavy (non-hydrogen) atoms. The zero-order chi connectivity index (χ0) is 52.9. The van der Waals surface area contributed by atoms with Crippen LogP contribution >= 0.6 is 0 Å². The van der Waals surface area contributed by atoms with E-state index in [0.29, 0.717) is 91.7 Å². The summed E-state index contributed by atoms with van der Waals surface area (Å²) in [7, 11) is 0. The van der Waals surface area contributed by atoms with E-state index in [2.05, 4.69) is 47.2 Å². The first-order chi connectivity index (χ1) is 36.7. The zero-order valence-electron chi connectivity index (χ0n) is 44.0. The first-order valence-corrected chi connectivity index (χ1v) is 27.1. The Morgan fingerprint density at radius 3 is 2.25 bits per heavy atom. The number of benzene rings is 3. The molecule has 1 aliphatic carbocycles. The molecule has 6 heterocycles. The van der Waals surface area contributed by atoms with Gasteiger partial charge < -0.3 is 29.1 Å². The number of ether oxygens (including phenoxy) is 2. The van der Waals surface area contributed by atoms with Crippen molar-refractivity contribution in [2.24, 2.45) is 5.92 Å². The van der Waals surface area contributed by atoms with Crippen LogP contribution in [0.25, 0.3) is 10.8 Å². The molecule has 1 atom stereocenters. The Morgan fingerprint density at radius 1 is 0.750 bits per heavy atom. The number of aromatic nitrogens is 4. The maximum Gasteiger partial charge on any atom is 0.411 e. The quantitative estimate of drug-likeness (QED) is 0.134. The van der Waals surface area contributed by atoms with Crippen molar-refractivity contribution in [3.63, 3.8) is 0 Å². The van der Waals surface area contributed by atoms with Crippen LogP contribution in [0.4, 0.5) is 15.0 Å². The van der Waals surface area contributed by atoms with Crippen molar-refractivity contribution in [1.82, 2.24) is 49.8 Å². The lowest BCUT2D eigenvalue weighted by Crippen LogP contribution is -2.53. The number of amides is 4. The summed E-state index contributed by atoms with van der Waals surface area (Å²) in [6.07, 6.45) is 7.19. The average Bonchev–Trinajstić information content (AvgIpc) is 4.28. The number of piperazine rings is 2. The van der Waals surface area contributed by atoms with Gasteiger partial charge in [-0.2, -0.15) is 10.2 Å². The lowest BCUT2D eigenvalue weighted by Gasteiger charge is -2.39. The highest BCUT2D eigenvalue weighted by Crippen LogP contribution is 2.33. The molecular weight excluding hydrogens is 970 g/mol. The maximum absolute atomic E-state index is 15.1. The van der Waals surface area contributed by atoms with E-state index in [9.17, 15) is 24.0 Å². The van der Waals surface area contributed by atoms with Gasteiger partial charge in [0, 0.05) is 102 Å². The second-order valence-corrected chi connectivity index (χ2v) is 22.2. The second kappa shape index (κ2) is 23.1. The Labute approximate surface area is 443 Å². The van der Waals surface area contributed by atoms with Gasteiger partial charge in [0.15, 0.2) is 11.6 Å². The number of aromatic amines is 1. The molecule has 5 fully saturated rings. The van der Waals surface area contributed by atoms with Crippen LogP contribution in [-0.2, 0) is 20.7 Å². The molecule has 3 aromatic carbocycles. The maximum atomic E-state index is 15.1. The molecule has 2 aromatic heterocycles. The number of hydrogen-bond donors (Lipinski definition) is 1. The van der Waals surface area contributed by atoms with Crippen LogP contribution in [0.1, 0.15) is 92.4 Å². The topological polar surface area (TPSA) is 181 Å². The number of likely N-dealkylation sites (tertiary alicyclic amines) is 2. The van der Waals surface area contributed by atoms with Crippen LogP contribution in [-0.4, -0.2) is 183 Å². The van der Waals surface area contributed by atoms with Crippen LogP contribution in [0.15, 0.2) is 83.8 Å². The van der Waals surface area contributed by atoms with E-state index >= 15 is 4.39 Å². The molecular formula is C57H70FN11O7. The number of nitrogens with one attached hydrogen (secondary N) is 1. The number of rotatable bonds is 14. The molecule has 4 saturated heterocycles. The van der Waals surface area contributed by atoms with Gasteiger partial charge in [-0.1, -0.05) is 36.4 Å². The van der Waals surface area contributed by atoms with Crippen molar-refractivity contribution in [1.29, 1.82) is 0 Å². The highest BCUT2D eigenvalue weighted by Gasteiger charge is 2.38. The fourth-order valence-corrected chi connectivity index (χ4v) is 11.1. The first-order valence-electron chi connectivity index (χ1n) is 27.1. The lowest BCUT2D eigenvalue weighted by molar-refractivity contribution is -0.134. The number of fused-ring (bicyclic) bond motifs is 1. The minimum atomic E-state index is -0.624. The summed E-state index contributed by atoms with van der Waals surface area (Å²) in [6, 6.07) is 21.8. The van der Waals surface area contributed by atoms with E-state index in [-0.39, 0.29) is 41.4 Å². The minimum absolute atomic E-state index is 0.0168. The predicted octanol–water partition coefficient (Wildman–Crippen LogP) is 6.16. The minimum Gasteiger partial charge on any atom is -0.456 e. The number of piperidine rings is 2. The van der Waals surface area contributed by atoms with Gasteiger partial charge in [-0.3, -0.25) is 33.9 Å². The van der Waals surface area contributed by atoms with Crippen molar-refractivity contribution in [3.8, 4) is 11.5 Å². The number of nitrogens with zero attached hydrogens (tertiary/aromatic N) is 10. The molecule has 5 aromatic rings.